The summed E-state index contributed by atoms with van der Waals surface area (Å²) in [5.41, 5.74) is 0.592. The molecule has 1 atom stereocenters. The molecule has 0 saturated carbocycles. The number of phenolic OH excluding ortho intramolecular Hbond substituents is 2. The maximum absolute atomic E-state index is 11.7. The summed E-state index contributed by atoms with van der Waals surface area (Å²) < 4.78 is 5.12. The molecule has 0 radical (unpaired) electrons. The van der Waals surface area contributed by atoms with Gasteiger partial charge in [-0.2, -0.15) is 0 Å². The van der Waals surface area contributed by atoms with Gasteiger partial charge in [0.25, 0.3) is 0 Å². The molecule has 118 valence electrons. The number of hydrogen-bond donors (Lipinski definition) is 4. The van der Waals surface area contributed by atoms with Gasteiger partial charge >= 0.3 is 0 Å². The van der Waals surface area contributed by atoms with Crippen LogP contribution in [0.5, 0.6) is 11.5 Å². The summed E-state index contributed by atoms with van der Waals surface area (Å²) in [6.07, 6.45) is 0.532. The van der Waals surface area contributed by atoms with Crippen LogP contribution in [0.25, 0.3) is 0 Å². The summed E-state index contributed by atoms with van der Waals surface area (Å²) in [4.78, 5) is 11.7. The SMILES string of the molecule is CCOCCNC(=O)CC(CO)Cc1ccc(O)cc1O. The number of aliphatic hydroxyl groups is 1. The van der Waals surface area contributed by atoms with Crippen molar-refractivity contribution in [3.63, 3.8) is 0 Å². The Balaban J connectivity index is 2.45. The first-order valence-electron chi connectivity index (χ1n) is 7.03. The first-order valence-corrected chi connectivity index (χ1v) is 7.03. The number of hydrogen-bond acceptors (Lipinski definition) is 5. The van der Waals surface area contributed by atoms with Crippen molar-refractivity contribution >= 4 is 5.91 Å². The van der Waals surface area contributed by atoms with Gasteiger partial charge in [-0.15, -0.1) is 0 Å². The molecule has 21 heavy (non-hydrogen) atoms. The minimum atomic E-state index is -0.285. The lowest BCUT2D eigenvalue weighted by molar-refractivity contribution is -0.122. The zero-order valence-corrected chi connectivity index (χ0v) is 12.2. The molecule has 0 saturated heterocycles. The summed E-state index contributed by atoms with van der Waals surface area (Å²) in [6.45, 7) is 3.24. The van der Waals surface area contributed by atoms with Gasteiger partial charge in [-0.3, -0.25) is 4.79 Å². The minimum absolute atomic E-state index is 0.0227. The standard InChI is InChI=1S/C15H23NO5/c1-2-21-6-5-16-15(20)8-11(10-17)7-12-3-4-13(18)9-14(12)19/h3-4,9,11,17-19H,2,5-8,10H2,1H3,(H,16,20). The zero-order valence-electron chi connectivity index (χ0n) is 12.2. The van der Waals surface area contributed by atoms with E-state index in [9.17, 15) is 20.1 Å². The Kier molecular flexibility index (Phi) is 7.56. The Bertz CT molecular complexity index is 450. The van der Waals surface area contributed by atoms with Crippen LogP contribution in [0.3, 0.4) is 0 Å². The second kappa shape index (κ2) is 9.20. The molecule has 0 spiro atoms. The van der Waals surface area contributed by atoms with Crippen LogP contribution in [-0.4, -0.2) is 47.6 Å². The van der Waals surface area contributed by atoms with Crippen molar-refractivity contribution in [2.75, 3.05) is 26.4 Å². The van der Waals surface area contributed by atoms with Crippen LogP contribution in [0.4, 0.5) is 0 Å². The number of aliphatic hydroxyl groups excluding tert-OH is 1. The van der Waals surface area contributed by atoms with E-state index in [0.717, 1.165) is 0 Å². The predicted molar refractivity (Wildman–Crippen MR) is 78.2 cm³/mol. The average molecular weight is 297 g/mol. The van der Waals surface area contributed by atoms with E-state index in [1.807, 2.05) is 6.92 Å². The van der Waals surface area contributed by atoms with E-state index in [4.69, 9.17) is 4.74 Å². The molecule has 0 bridgehead atoms. The lowest BCUT2D eigenvalue weighted by atomic mass is 9.96. The molecule has 0 aromatic heterocycles. The first-order chi connectivity index (χ1) is 10.1. The van der Waals surface area contributed by atoms with Crippen LogP contribution in [0.2, 0.25) is 0 Å². The van der Waals surface area contributed by atoms with E-state index < -0.39 is 0 Å². The topological polar surface area (TPSA) is 99.0 Å². The van der Waals surface area contributed by atoms with Gasteiger partial charge in [-0.05, 0) is 30.9 Å². The summed E-state index contributed by atoms with van der Waals surface area (Å²) in [7, 11) is 0. The minimum Gasteiger partial charge on any atom is -0.508 e. The lowest BCUT2D eigenvalue weighted by Gasteiger charge is -2.15. The fourth-order valence-corrected chi connectivity index (χ4v) is 1.98. The number of phenols is 2. The third-order valence-electron chi connectivity index (χ3n) is 3.08. The normalized spacial score (nSPS) is 12.1. The second-order valence-corrected chi connectivity index (χ2v) is 4.82. The molecule has 1 aromatic rings. The van der Waals surface area contributed by atoms with Crippen LogP contribution in [0, 0.1) is 5.92 Å². The van der Waals surface area contributed by atoms with Gasteiger partial charge < -0.3 is 25.4 Å². The molecular weight excluding hydrogens is 274 g/mol. The number of carbonyl (C=O) groups excluding carboxylic acids is 1. The van der Waals surface area contributed by atoms with Gasteiger partial charge in [0.05, 0.1) is 6.61 Å². The van der Waals surface area contributed by atoms with Crippen molar-refractivity contribution < 1.29 is 24.9 Å². The maximum atomic E-state index is 11.7. The summed E-state index contributed by atoms with van der Waals surface area (Å²) in [5, 5.41) is 31.0. The largest absolute Gasteiger partial charge is 0.508 e. The molecule has 4 N–H and O–H groups in total. The van der Waals surface area contributed by atoms with Crippen molar-refractivity contribution in [3.8, 4) is 11.5 Å². The van der Waals surface area contributed by atoms with E-state index in [1.165, 1.54) is 12.1 Å². The van der Waals surface area contributed by atoms with Gasteiger partial charge in [0.2, 0.25) is 5.91 Å². The molecule has 0 aliphatic rings. The zero-order chi connectivity index (χ0) is 15.7. The van der Waals surface area contributed by atoms with Crippen LogP contribution in [0.15, 0.2) is 18.2 Å². The van der Waals surface area contributed by atoms with Crippen LogP contribution >= 0.6 is 0 Å². The van der Waals surface area contributed by atoms with E-state index in [-0.39, 0.29) is 36.4 Å². The molecule has 0 aliphatic carbocycles. The highest BCUT2D eigenvalue weighted by atomic mass is 16.5. The first kappa shape index (κ1) is 17.3. The number of rotatable bonds is 9. The Morgan fingerprint density at radius 3 is 2.76 bits per heavy atom. The fourth-order valence-electron chi connectivity index (χ4n) is 1.98. The van der Waals surface area contributed by atoms with Crippen molar-refractivity contribution in [1.82, 2.24) is 5.32 Å². The maximum Gasteiger partial charge on any atom is 0.220 e. The molecule has 6 heteroatoms. The Labute approximate surface area is 124 Å². The molecule has 1 rings (SSSR count). The number of ether oxygens (including phenoxy) is 1. The van der Waals surface area contributed by atoms with Gasteiger partial charge in [-0.1, -0.05) is 6.07 Å². The molecule has 0 heterocycles. The van der Waals surface area contributed by atoms with Crippen LogP contribution in [0.1, 0.15) is 18.9 Å². The molecule has 0 aliphatic heterocycles. The summed E-state index contributed by atoms with van der Waals surface area (Å²) in [5.74, 6) is -0.504. The van der Waals surface area contributed by atoms with Gasteiger partial charge in [0.1, 0.15) is 11.5 Å². The predicted octanol–water partition coefficient (Wildman–Crippen LogP) is 0.792. The smallest absolute Gasteiger partial charge is 0.220 e. The van der Waals surface area contributed by atoms with E-state index in [1.54, 1.807) is 6.07 Å². The number of aromatic hydroxyl groups is 2. The lowest BCUT2D eigenvalue weighted by Crippen LogP contribution is -2.30. The number of amides is 1. The number of nitrogens with one attached hydrogen (secondary N) is 1. The quantitative estimate of drug-likeness (QED) is 0.505. The summed E-state index contributed by atoms with van der Waals surface area (Å²) >= 11 is 0. The highest BCUT2D eigenvalue weighted by Gasteiger charge is 2.15. The van der Waals surface area contributed by atoms with Crippen molar-refractivity contribution in [3.05, 3.63) is 23.8 Å². The Hall–Kier alpha value is -1.79. The van der Waals surface area contributed by atoms with Crippen LogP contribution < -0.4 is 5.32 Å². The Morgan fingerprint density at radius 2 is 2.14 bits per heavy atom. The van der Waals surface area contributed by atoms with E-state index in [2.05, 4.69) is 5.32 Å². The van der Waals surface area contributed by atoms with Gasteiger partial charge in [0.15, 0.2) is 0 Å². The third-order valence-corrected chi connectivity index (χ3v) is 3.08. The Morgan fingerprint density at radius 1 is 1.38 bits per heavy atom. The van der Waals surface area contributed by atoms with E-state index in [0.29, 0.717) is 31.7 Å². The van der Waals surface area contributed by atoms with E-state index >= 15 is 0 Å². The van der Waals surface area contributed by atoms with Crippen molar-refractivity contribution in [1.29, 1.82) is 0 Å². The molecule has 1 unspecified atom stereocenters. The second-order valence-electron chi connectivity index (χ2n) is 4.82. The average Bonchev–Trinajstić information content (AvgIpc) is 2.45. The van der Waals surface area contributed by atoms with Crippen molar-refractivity contribution in [2.24, 2.45) is 5.92 Å². The third kappa shape index (κ3) is 6.46. The van der Waals surface area contributed by atoms with Gasteiger partial charge in [-0.25, -0.2) is 0 Å². The highest BCUT2D eigenvalue weighted by Crippen LogP contribution is 2.25. The molecule has 1 amide bonds. The number of carbonyl (C=O) groups is 1. The van der Waals surface area contributed by atoms with Gasteiger partial charge in [0, 0.05) is 32.2 Å². The molecule has 0 fully saturated rings. The summed E-state index contributed by atoms with van der Waals surface area (Å²) in [6, 6.07) is 4.29. The number of benzene rings is 1. The fraction of sp³-hybridized carbons (Fsp3) is 0.533. The molecular formula is C15H23NO5. The molecule has 1 aromatic carbocycles. The monoisotopic (exact) mass is 297 g/mol. The van der Waals surface area contributed by atoms with Crippen molar-refractivity contribution in [2.45, 2.75) is 19.8 Å². The molecule has 6 nitrogen and oxygen atoms in total. The highest BCUT2D eigenvalue weighted by molar-refractivity contribution is 5.76. The van der Waals surface area contributed by atoms with Crippen LogP contribution in [-0.2, 0) is 16.0 Å².